The number of rotatable bonds is 0. The van der Waals surface area contributed by atoms with Crippen molar-refractivity contribution < 1.29 is 8.42 Å². The zero-order valence-corrected chi connectivity index (χ0v) is 18.3. The Kier molecular flexibility index (Phi) is 5.16. The topological polar surface area (TPSA) is 58.5 Å². The lowest BCUT2D eigenvalue weighted by atomic mass is 9.86. The molecule has 1 aliphatic heterocycles. The molecular formula is C25H21ClN2O2S. The van der Waals surface area contributed by atoms with Crippen LogP contribution in [-0.2, 0) is 16.4 Å². The van der Waals surface area contributed by atoms with Crippen LogP contribution in [0.25, 0.3) is 21.5 Å². The molecule has 0 saturated heterocycles. The minimum Gasteiger partial charge on any atom is -0.345 e. The molecular weight excluding hydrogens is 428 g/mol. The van der Waals surface area contributed by atoms with Crippen molar-refractivity contribution in [1.82, 2.24) is 0 Å². The Morgan fingerprint density at radius 2 is 1.65 bits per heavy atom. The van der Waals surface area contributed by atoms with E-state index in [1.165, 1.54) is 51.5 Å². The number of alkyl halides is 1. The van der Waals surface area contributed by atoms with Gasteiger partial charge in [-0.2, -0.15) is 8.42 Å². The fourth-order valence-corrected chi connectivity index (χ4v) is 5.71. The summed E-state index contributed by atoms with van der Waals surface area (Å²) in [6.45, 7) is 0. The summed E-state index contributed by atoms with van der Waals surface area (Å²) in [5.41, 5.74) is 3.39. The number of benzene rings is 4. The minimum absolute atomic E-state index is 0.194. The van der Waals surface area contributed by atoms with E-state index in [-0.39, 0.29) is 10.3 Å². The van der Waals surface area contributed by atoms with E-state index in [1.807, 2.05) is 0 Å². The van der Waals surface area contributed by atoms with E-state index in [4.69, 9.17) is 11.6 Å². The number of halogens is 1. The van der Waals surface area contributed by atoms with Gasteiger partial charge in [-0.1, -0.05) is 60.7 Å². The smallest absolute Gasteiger partial charge is 0.285 e. The molecule has 0 spiro atoms. The maximum atomic E-state index is 11.2. The van der Waals surface area contributed by atoms with Gasteiger partial charge in [-0.3, -0.25) is 0 Å². The monoisotopic (exact) mass is 448 g/mol. The van der Waals surface area contributed by atoms with Crippen LogP contribution in [0.4, 0.5) is 5.69 Å². The van der Waals surface area contributed by atoms with Crippen molar-refractivity contribution in [2.45, 2.75) is 29.5 Å². The summed E-state index contributed by atoms with van der Waals surface area (Å²) in [4.78, 5) is 0.229. The first kappa shape index (κ1) is 20.0. The molecule has 4 nitrogen and oxygen atoms in total. The Hall–Kier alpha value is -2.89. The molecule has 0 bridgehead atoms. The predicted molar refractivity (Wildman–Crippen MR) is 129 cm³/mol. The van der Waals surface area contributed by atoms with Crippen LogP contribution in [0.2, 0.25) is 0 Å². The van der Waals surface area contributed by atoms with Crippen molar-refractivity contribution >= 4 is 55.2 Å². The molecule has 1 unspecified atom stereocenters. The molecule has 4 aromatic rings. The number of hydrogen-bond donors (Lipinski definition) is 1. The lowest BCUT2D eigenvalue weighted by Gasteiger charge is -2.22. The second kappa shape index (κ2) is 7.98. The van der Waals surface area contributed by atoms with Crippen molar-refractivity contribution in [3.8, 4) is 0 Å². The van der Waals surface area contributed by atoms with Crippen LogP contribution in [0.5, 0.6) is 0 Å². The molecule has 0 fully saturated rings. The predicted octanol–water partition coefficient (Wildman–Crippen LogP) is 6.44. The molecule has 0 saturated carbocycles. The maximum Gasteiger partial charge on any atom is 0.285 e. The highest BCUT2D eigenvalue weighted by Crippen LogP contribution is 2.39. The van der Waals surface area contributed by atoms with Gasteiger partial charge in [0, 0.05) is 0 Å². The highest BCUT2D eigenvalue weighted by atomic mass is 35.5. The van der Waals surface area contributed by atoms with Gasteiger partial charge in [0.25, 0.3) is 10.0 Å². The molecule has 0 aromatic heterocycles. The molecule has 2 aliphatic rings. The standard InChI is InChI=1S/C18H15Cl.C7H6N2O2S/c19-18-7-3-6-14-16-9-8-12-4-1-2-5-13(12)15(16)10-11-17(14)18;10-12(11)7-4-2-1-3-6(7)8-5-9-12/h1-2,4-5,8-11,18H,3,6-7H2;1-5H,(H,8,9). The summed E-state index contributed by atoms with van der Waals surface area (Å²) in [6.07, 6.45) is 4.65. The molecule has 1 aliphatic carbocycles. The first-order chi connectivity index (χ1) is 15.0. The third-order valence-corrected chi connectivity index (χ3v) is 7.62. The van der Waals surface area contributed by atoms with E-state index >= 15 is 0 Å². The normalized spacial score (nSPS) is 18.4. The summed E-state index contributed by atoms with van der Waals surface area (Å²) >= 11 is 6.47. The Morgan fingerprint density at radius 3 is 2.52 bits per heavy atom. The average Bonchev–Trinajstić information content (AvgIpc) is 2.79. The molecule has 1 atom stereocenters. The van der Waals surface area contributed by atoms with Gasteiger partial charge in [0.1, 0.15) is 11.2 Å². The van der Waals surface area contributed by atoms with Gasteiger partial charge in [-0.15, -0.1) is 16.0 Å². The summed E-state index contributed by atoms with van der Waals surface area (Å²) in [6, 6.07) is 24.2. The van der Waals surface area contributed by atoms with Gasteiger partial charge in [-0.25, -0.2) is 0 Å². The highest BCUT2D eigenvalue weighted by Gasteiger charge is 2.20. The SMILES string of the molecule is ClC1CCCc2c1ccc1c2ccc2ccccc21.O=S1(=O)N=CNc2ccccc21. The van der Waals surface area contributed by atoms with Crippen LogP contribution in [0, 0.1) is 0 Å². The third-order valence-electron chi connectivity index (χ3n) is 5.87. The number of hydrogen-bond acceptors (Lipinski definition) is 3. The molecule has 6 heteroatoms. The maximum absolute atomic E-state index is 11.2. The first-order valence-electron chi connectivity index (χ1n) is 10.3. The second-order valence-corrected chi connectivity index (χ2v) is 9.85. The molecule has 0 radical (unpaired) electrons. The zero-order chi connectivity index (χ0) is 21.4. The van der Waals surface area contributed by atoms with E-state index < -0.39 is 10.0 Å². The Balaban J connectivity index is 0.000000147. The Labute approximate surface area is 186 Å². The van der Waals surface area contributed by atoms with E-state index in [0.717, 1.165) is 12.8 Å². The molecule has 1 heterocycles. The first-order valence-corrected chi connectivity index (χ1v) is 12.1. The molecule has 31 heavy (non-hydrogen) atoms. The van der Waals surface area contributed by atoms with Crippen LogP contribution < -0.4 is 5.32 Å². The van der Waals surface area contributed by atoms with Crippen LogP contribution in [-0.4, -0.2) is 14.8 Å². The number of aryl methyl sites for hydroxylation is 1. The molecule has 156 valence electrons. The quantitative estimate of drug-likeness (QED) is 0.249. The largest absolute Gasteiger partial charge is 0.345 e. The van der Waals surface area contributed by atoms with Crippen molar-refractivity contribution in [2.75, 3.05) is 5.32 Å². The van der Waals surface area contributed by atoms with Crippen molar-refractivity contribution in [3.63, 3.8) is 0 Å². The third kappa shape index (κ3) is 3.68. The summed E-state index contributed by atoms with van der Waals surface area (Å²) in [5.74, 6) is 0. The number of para-hydroxylation sites is 1. The molecule has 6 rings (SSSR count). The Morgan fingerprint density at radius 1 is 0.871 bits per heavy atom. The van der Waals surface area contributed by atoms with Gasteiger partial charge in [0.2, 0.25) is 0 Å². The van der Waals surface area contributed by atoms with Gasteiger partial charge < -0.3 is 5.32 Å². The zero-order valence-electron chi connectivity index (χ0n) is 16.8. The number of nitrogens with one attached hydrogen (secondary N) is 1. The van der Waals surface area contributed by atoms with Gasteiger partial charge >= 0.3 is 0 Å². The average molecular weight is 449 g/mol. The van der Waals surface area contributed by atoms with E-state index in [1.54, 1.807) is 18.2 Å². The second-order valence-electron chi connectivity index (χ2n) is 7.72. The van der Waals surface area contributed by atoms with Gasteiger partial charge in [0.05, 0.1) is 11.1 Å². The van der Waals surface area contributed by atoms with E-state index in [0.29, 0.717) is 5.69 Å². The van der Waals surface area contributed by atoms with Crippen molar-refractivity contribution in [1.29, 1.82) is 0 Å². The van der Waals surface area contributed by atoms with Crippen LogP contribution in [0.15, 0.2) is 82.1 Å². The number of anilines is 1. The van der Waals surface area contributed by atoms with Crippen molar-refractivity contribution in [3.05, 3.63) is 83.9 Å². The van der Waals surface area contributed by atoms with Crippen molar-refractivity contribution in [2.24, 2.45) is 4.40 Å². The number of sulfonamides is 1. The summed E-state index contributed by atoms with van der Waals surface area (Å²) in [7, 11) is -3.44. The fraction of sp³-hybridized carbons (Fsp3) is 0.160. The lowest BCUT2D eigenvalue weighted by molar-refractivity contribution is 0.598. The lowest BCUT2D eigenvalue weighted by Crippen LogP contribution is -2.10. The van der Waals surface area contributed by atoms with E-state index in [9.17, 15) is 8.42 Å². The number of nitrogens with zero attached hydrogens (tertiary/aromatic N) is 1. The summed E-state index contributed by atoms with van der Waals surface area (Å²) < 4.78 is 25.8. The van der Waals surface area contributed by atoms with Crippen LogP contribution in [0.3, 0.4) is 0 Å². The molecule has 1 N–H and O–H groups in total. The molecule has 4 aromatic carbocycles. The van der Waals surface area contributed by atoms with Crippen LogP contribution >= 0.6 is 11.6 Å². The van der Waals surface area contributed by atoms with E-state index in [2.05, 4.69) is 58.2 Å². The van der Waals surface area contributed by atoms with Crippen LogP contribution in [0.1, 0.15) is 29.3 Å². The van der Waals surface area contributed by atoms with Gasteiger partial charge in [0.15, 0.2) is 0 Å². The highest BCUT2D eigenvalue weighted by molar-refractivity contribution is 7.90. The number of fused-ring (bicyclic) bond motifs is 6. The minimum atomic E-state index is -3.44. The molecule has 0 amide bonds. The Bertz CT molecular complexity index is 1430. The fourth-order valence-electron chi connectivity index (χ4n) is 4.39. The van der Waals surface area contributed by atoms with Gasteiger partial charge in [-0.05, 0) is 64.1 Å². The summed E-state index contributed by atoms with van der Waals surface area (Å²) in [5, 5.41) is 8.36.